The molecule has 3 aromatic carbocycles. The number of likely N-dealkylation sites (tertiary alicyclic amines) is 1. The average molecular weight is 643 g/mol. The van der Waals surface area contributed by atoms with Gasteiger partial charge < -0.3 is 18.9 Å². The van der Waals surface area contributed by atoms with Gasteiger partial charge in [0.2, 0.25) is 0 Å². The molecule has 1 fully saturated rings. The highest BCUT2D eigenvalue weighted by Crippen LogP contribution is 2.28. The lowest BCUT2D eigenvalue weighted by Crippen LogP contribution is -2.42. The van der Waals surface area contributed by atoms with Crippen molar-refractivity contribution in [2.24, 2.45) is 5.92 Å². The quantitative estimate of drug-likeness (QED) is 0.105. The predicted octanol–water partition coefficient (Wildman–Crippen LogP) is 9.20. The Hall–Kier alpha value is -3.19. The molecule has 1 atom stereocenters. The summed E-state index contributed by atoms with van der Waals surface area (Å²) >= 11 is 0. The van der Waals surface area contributed by atoms with Gasteiger partial charge in [-0.25, -0.2) is 4.79 Å². The number of aryl methyl sites for hydroxylation is 1. The molecule has 1 aliphatic rings. The van der Waals surface area contributed by atoms with E-state index < -0.39 is 0 Å². The van der Waals surface area contributed by atoms with Crippen LogP contribution in [0.25, 0.3) is 11.1 Å². The number of amides is 1. The first-order chi connectivity index (χ1) is 22.8. The van der Waals surface area contributed by atoms with Gasteiger partial charge in [-0.15, -0.1) is 0 Å². The molecule has 1 N–H and O–H groups in total. The average Bonchev–Trinajstić information content (AvgIpc) is 3.09. The summed E-state index contributed by atoms with van der Waals surface area (Å²) in [5, 5.41) is 2.99. The molecular weight excluding hydrogens is 582 g/mol. The van der Waals surface area contributed by atoms with E-state index in [4.69, 9.17) is 9.47 Å². The lowest BCUT2D eigenvalue weighted by molar-refractivity contribution is -0.891. The van der Waals surface area contributed by atoms with E-state index in [9.17, 15) is 4.79 Å². The Morgan fingerprint density at radius 2 is 1.53 bits per heavy atom. The summed E-state index contributed by atoms with van der Waals surface area (Å²) in [5.41, 5.74) is 5.59. The van der Waals surface area contributed by atoms with E-state index in [1.807, 2.05) is 42.5 Å². The summed E-state index contributed by atoms with van der Waals surface area (Å²) in [7, 11) is 4.78. The molecule has 0 spiro atoms. The number of unbranched alkanes of at least 4 members (excludes halogenated alkanes) is 3. The fraction of sp³-hybridized carbons (Fsp3) is 0.537. The Morgan fingerprint density at radius 1 is 0.851 bits per heavy atom. The van der Waals surface area contributed by atoms with Gasteiger partial charge in [-0.3, -0.25) is 5.32 Å². The fourth-order valence-corrected chi connectivity index (χ4v) is 6.55. The van der Waals surface area contributed by atoms with E-state index in [-0.39, 0.29) is 12.2 Å². The number of ether oxygens (including phenoxy) is 2. The summed E-state index contributed by atoms with van der Waals surface area (Å²) < 4.78 is 12.9. The molecule has 1 aliphatic heterocycles. The van der Waals surface area contributed by atoms with Gasteiger partial charge in [0.15, 0.2) is 0 Å². The second-order valence-electron chi connectivity index (χ2n) is 14.1. The normalized spacial score (nSPS) is 15.0. The van der Waals surface area contributed by atoms with Crippen LogP contribution in [-0.4, -0.2) is 75.0 Å². The zero-order chi connectivity index (χ0) is 33.3. The lowest BCUT2D eigenvalue weighted by atomic mass is 10.0. The van der Waals surface area contributed by atoms with Crippen LogP contribution in [-0.2, 0) is 22.5 Å². The maximum atomic E-state index is 12.8. The zero-order valence-corrected chi connectivity index (χ0v) is 29.6. The molecule has 47 heavy (non-hydrogen) atoms. The van der Waals surface area contributed by atoms with Crippen LogP contribution in [0.2, 0.25) is 0 Å². The molecule has 256 valence electrons. The van der Waals surface area contributed by atoms with Gasteiger partial charge in [0, 0.05) is 25.3 Å². The molecule has 1 saturated heterocycles. The summed E-state index contributed by atoms with van der Waals surface area (Å²) in [6.45, 7) is 11.8. The predicted molar refractivity (Wildman–Crippen MR) is 196 cm³/mol. The molecule has 1 heterocycles. The van der Waals surface area contributed by atoms with Crippen LogP contribution < -0.4 is 5.32 Å². The SMILES string of the molecule is CCc1ccccc1COCCCCCC[N+](C)(C)CCC(C)CCN1CCC(OC(=O)Nc2ccccc2-c2ccccc2)CC1. The van der Waals surface area contributed by atoms with Crippen LogP contribution in [0.5, 0.6) is 0 Å². The molecule has 0 saturated carbocycles. The number of rotatable bonds is 19. The van der Waals surface area contributed by atoms with Crippen LogP contribution >= 0.6 is 0 Å². The van der Waals surface area contributed by atoms with Crippen LogP contribution in [0.15, 0.2) is 78.9 Å². The number of anilines is 1. The van der Waals surface area contributed by atoms with Crippen molar-refractivity contribution in [2.45, 2.75) is 84.3 Å². The van der Waals surface area contributed by atoms with Crippen LogP contribution in [0.3, 0.4) is 0 Å². The standard InChI is InChI=1S/C41H59N3O3/c1-5-35-17-11-12-20-37(35)33-46-32-16-7-6-15-30-44(3,4)31-26-34(2)23-27-43-28-24-38(25-29-43)47-41(45)42-40-22-14-13-21-39(40)36-18-9-8-10-19-36/h8-14,17-22,34,38H,5-7,15-16,23-33H2,1-4H3/p+1. The molecule has 1 amide bonds. The van der Waals surface area contributed by atoms with Crippen molar-refractivity contribution >= 4 is 11.8 Å². The van der Waals surface area contributed by atoms with Gasteiger partial charge in [-0.05, 0) is 86.6 Å². The third kappa shape index (κ3) is 13.1. The minimum atomic E-state index is -0.362. The van der Waals surface area contributed by atoms with Crippen molar-refractivity contribution < 1.29 is 18.8 Å². The number of carbonyl (C=O) groups is 1. The first-order valence-corrected chi connectivity index (χ1v) is 18.1. The maximum Gasteiger partial charge on any atom is 0.411 e. The molecule has 1 unspecified atom stereocenters. The number of hydrogen-bond donors (Lipinski definition) is 1. The minimum Gasteiger partial charge on any atom is -0.446 e. The van der Waals surface area contributed by atoms with Gasteiger partial charge in [0.25, 0.3) is 0 Å². The number of nitrogens with one attached hydrogen (secondary N) is 1. The van der Waals surface area contributed by atoms with E-state index in [0.717, 1.165) is 79.8 Å². The molecular formula is C41H60N3O3+. The second-order valence-corrected chi connectivity index (χ2v) is 14.1. The van der Waals surface area contributed by atoms with E-state index in [2.05, 4.69) is 74.6 Å². The maximum absolute atomic E-state index is 12.8. The van der Waals surface area contributed by atoms with Crippen molar-refractivity contribution in [1.29, 1.82) is 0 Å². The Kier molecular flexibility index (Phi) is 15.3. The van der Waals surface area contributed by atoms with E-state index in [1.54, 1.807) is 0 Å². The van der Waals surface area contributed by atoms with Crippen LogP contribution in [0.1, 0.15) is 76.3 Å². The number of quaternary nitrogens is 1. The van der Waals surface area contributed by atoms with E-state index in [1.165, 1.54) is 56.3 Å². The molecule has 0 bridgehead atoms. The van der Waals surface area contributed by atoms with Gasteiger partial charge >= 0.3 is 6.09 Å². The molecule has 6 heteroatoms. The highest BCUT2D eigenvalue weighted by molar-refractivity contribution is 5.91. The van der Waals surface area contributed by atoms with Crippen molar-refractivity contribution in [1.82, 2.24) is 4.90 Å². The Bertz CT molecular complexity index is 1320. The zero-order valence-electron chi connectivity index (χ0n) is 29.6. The van der Waals surface area contributed by atoms with Gasteiger partial charge in [-0.2, -0.15) is 0 Å². The van der Waals surface area contributed by atoms with E-state index in [0.29, 0.717) is 5.92 Å². The van der Waals surface area contributed by atoms with Crippen molar-refractivity contribution in [2.75, 3.05) is 58.7 Å². The lowest BCUT2D eigenvalue weighted by Gasteiger charge is -2.33. The molecule has 0 aromatic heterocycles. The Morgan fingerprint density at radius 3 is 2.30 bits per heavy atom. The molecule has 0 radical (unpaired) electrons. The third-order valence-electron chi connectivity index (χ3n) is 9.78. The summed E-state index contributed by atoms with van der Waals surface area (Å²) in [4.78, 5) is 15.3. The minimum absolute atomic E-state index is 0.0264. The van der Waals surface area contributed by atoms with Gasteiger partial charge in [0.1, 0.15) is 6.10 Å². The van der Waals surface area contributed by atoms with Crippen molar-refractivity contribution in [3.63, 3.8) is 0 Å². The van der Waals surface area contributed by atoms with Crippen molar-refractivity contribution in [3.8, 4) is 11.1 Å². The Labute approximate surface area is 285 Å². The number of carbonyl (C=O) groups excluding carboxylic acids is 1. The number of nitrogens with zero attached hydrogens (tertiary/aromatic N) is 2. The molecule has 6 nitrogen and oxygen atoms in total. The Balaban J connectivity index is 1.02. The summed E-state index contributed by atoms with van der Waals surface area (Å²) in [6.07, 6.45) is 9.94. The smallest absolute Gasteiger partial charge is 0.411 e. The van der Waals surface area contributed by atoms with Gasteiger partial charge in [-0.1, -0.05) is 93.1 Å². The first kappa shape index (κ1) is 36.6. The van der Waals surface area contributed by atoms with Gasteiger partial charge in [0.05, 0.1) is 39.5 Å². The topological polar surface area (TPSA) is 50.8 Å². The monoisotopic (exact) mass is 642 g/mol. The number of para-hydroxylation sites is 1. The highest BCUT2D eigenvalue weighted by atomic mass is 16.6. The largest absolute Gasteiger partial charge is 0.446 e. The summed E-state index contributed by atoms with van der Waals surface area (Å²) in [6, 6.07) is 26.6. The van der Waals surface area contributed by atoms with Crippen molar-refractivity contribution in [3.05, 3.63) is 90.0 Å². The fourth-order valence-electron chi connectivity index (χ4n) is 6.55. The highest BCUT2D eigenvalue weighted by Gasteiger charge is 2.23. The van der Waals surface area contributed by atoms with Crippen LogP contribution in [0.4, 0.5) is 10.5 Å². The second kappa shape index (κ2) is 19.6. The summed E-state index contributed by atoms with van der Waals surface area (Å²) in [5.74, 6) is 0.715. The molecule has 3 aromatic rings. The first-order valence-electron chi connectivity index (χ1n) is 18.1. The molecule has 4 rings (SSSR count). The number of benzene rings is 3. The number of hydrogen-bond acceptors (Lipinski definition) is 4. The van der Waals surface area contributed by atoms with Crippen LogP contribution in [0, 0.1) is 5.92 Å². The number of piperidine rings is 1. The van der Waals surface area contributed by atoms with E-state index >= 15 is 0 Å². The third-order valence-corrected chi connectivity index (χ3v) is 9.78. The molecule has 0 aliphatic carbocycles.